The molecule has 1 saturated heterocycles. The molecule has 1 amide bonds. The van der Waals surface area contributed by atoms with Crippen molar-refractivity contribution >= 4 is 16.8 Å². The highest BCUT2D eigenvalue weighted by Gasteiger charge is 2.23. The maximum atomic E-state index is 12.5. The van der Waals surface area contributed by atoms with Crippen LogP contribution in [0.25, 0.3) is 10.9 Å². The fourth-order valence-corrected chi connectivity index (χ4v) is 3.64. The number of nitrogens with one attached hydrogen (secondary N) is 2. The Balaban J connectivity index is 1.79. The van der Waals surface area contributed by atoms with Crippen LogP contribution in [0.3, 0.4) is 0 Å². The van der Waals surface area contributed by atoms with E-state index in [0.29, 0.717) is 29.1 Å². The first-order chi connectivity index (χ1) is 13.0. The summed E-state index contributed by atoms with van der Waals surface area (Å²) in [7, 11) is 1.51. The molecule has 8 nitrogen and oxygen atoms in total. The Kier molecular flexibility index (Phi) is 6.08. The van der Waals surface area contributed by atoms with Gasteiger partial charge in [0.1, 0.15) is 0 Å². The van der Waals surface area contributed by atoms with Crippen LogP contribution in [-0.2, 0) is 11.3 Å². The summed E-state index contributed by atoms with van der Waals surface area (Å²) in [6.45, 7) is 5.22. The summed E-state index contributed by atoms with van der Waals surface area (Å²) >= 11 is 0. The number of nitrogens with zero attached hydrogens (tertiary/aromatic N) is 2. The summed E-state index contributed by atoms with van der Waals surface area (Å²) in [5, 5.41) is 3.34. The molecule has 8 heteroatoms. The van der Waals surface area contributed by atoms with Gasteiger partial charge in [-0.15, -0.1) is 0 Å². The Hall–Kier alpha value is -2.45. The van der Waals surface area contributed by atoms with Crippen molar-refractivity contribution in [2.45, 2.75) is 32.4 Å². The van der Waals surface area contributed by atoms with Gasteiger partial charge >= 0.3 is 5.69 Å². The number of carbonyl (C=O) groups is 1. The van der Waals surface area contributed by atoms with Gasteiger partial charge in [-0.25, -0.2) is 4.79 Å². The molecule has 146 valence electrons. The minimum Gasteiger partial charge on any atom is -0.383 e. The van der Waals surface area contributed by atoms with Crippen LogP contribution in [-0.4, -0.2) is 59.8 Å². The molecule has 1 aromatic carbocycles. The maximum absolute atomic E-state index is 12.5. The molecular weight excluding hydrogens is 348 g/mol. The van der Waals surface area contributed by atoms with Crippen molar-refractivity contribution < 1.29 is 9.53 Å². The lowest BCUT2D eigenvalue weighted by atomic mass is 10.1. The molecule has 2 N–H and O–H groups in total. The van der Waals surface area contributed by atoms with E-state index in [1.54, 1.807) is 18.2 Å². The zero-order valence-electron chi connectivity index (χ0n) is 15.8. The first-order valence-electron chi connectivity index (χ1n) is 9.33. The number of ether oxygens (including phenoxy) is 1. The lowest BCUT2D eigenvalue weighted by molar-refractivity contribution is 0.0941. The Labute approximate surface area is 157 Å². The van der Waals surface area contributed by atoms with Crippen LogP contribution in [0.15, 0.2) is 27.8 Å². The Morgan fingerprint density at radius 1 is 1.37 bits per heavy atom. The van der Waals surface area contributed by atoms with Crippen molar-refractivity contribution in [3.63, 3.8) is 0 Å². The SMILES string of the molecule is CCN1CCC[C@@H]1CNC(=O)c1ccc2c(=O)n(CCOC)c(=O)[nH]c2c1. The van der Waals surface area contributed by atoms with Gasteiger partial charge in [-0.05, 0) is 44.1 Å². The number of likely N-dealkylation sites (N-methyl/N-ethyl adjacent to an activating group) is 1. The monoisotopic (exact) mass is 374 g/mol. The van der Waals surface area contributed by atoms with E-state index >= 15 is 0 Å². The molecule has 0 radical (unpaired) electrons. The van der Waals surface area contributed by atoms with Gasteiger partial charge < -0.3 is 15.0 Å². The second-order valence-corrected chi connectivity index (χ2v) is 6.77. The van der Waals surface area contributed by atoms with Gasteiger partial charge in [0.2, 0.25) is 0 Å². The summed E-state index contributed by atoms with van der Waals surface area (Å²) < 4.78 is 6.04. The summed E-state index contributed by atoms with van der Waals surface area (Å²) in [6.07, 6.45) is 2.24. The second-order valence-electron chi connectivity index (χ2n) is 6.77. The molecule has 27 heavy (non-hydrogen) atoms. The molecule has 3 rings (SSSR count). The van der Waals surface area contributed by atoms with Crippen molar-refractivity contribution in [3.05, 3.63) is 44.6 Å². The van der Waals surface area contributed by atoms with E-state index in [2.05, 4.69) is 22.1 Å². The van der Waals surface area contributed by atoms with E-state index in [4.69, 9.17) is 4.74 Å². The average Bonchev–Trinajstić information content (AvgIpc) is 3.13. The van der Waals surface area contributed by atoms with E-state index in [1.165, 1.54) is 7.11 Å². The lowest BCUT2D eigenvalue weighted by Gasteiger charge is -2.22. The van der Waals surface area contributed by atoms with Gasteiger partial charge in [-0.2, -0.15) is 0 Å². The van der Waals surface area contributed by atoms with Gasteiger partial charge in [0.15, 0.2) is 0 Å². The molecule has 0 aliphatic carbocycles. The fourth-order valence-electron chi connectivity index (χ4n) is 3.64. The van der Waals surface area contributed by atoms with Crippen LogP contribution < -0.4 is 16.6 Å². The second kappa shape index (κ2) is 8.49. The molecule has 2 aromatic rings. The minimum absolute atomic E-state index is 0.179. The number of hydrogen-bond acceptors (Lipinski definition) is 5. The first kappa shape index (κ1) is 19.3. The van der Waals surface area contributed by atoms with E-state index in [1.807, 2.05) is 0 Å². The van der Waals surface area contributed by atoms with Crippen LogP contribution in [0.1, 0.15) is 30.1 Å². The fraction of sp³-hybridized carbons (Fsp3) is 0.526. The number of fused-ring (bicyclic) bond motifs is 1. The molecule has 1 aromatic heterocycles. The largest absolute Gasteiger partial charge is 0.383 e. The molecular formula is C19H26N4O4. The van der Waals surface area contributed by atoms with Gasteiger partial charge in [-0.3, -0.25) is 19.1 Å². The molecule has 0 saturated carbocycles. The predicted molar refractivity (Wildman–Crippen MR) is 103 cm³/mol. The number of amides is 1. The lowest BCUT2D eigenvalue weighted by Crippen LogP contribution is -2.40. The number of aromatic amines is 1. The van der Waals surface area contributed by atoms with Crippen molar-refractivity contribution in [2.24, 2.45) is 0 Å². The molecule has 1 aliphatic heterocycles. The van der Waals surface area contributed by atoms with Crippen LogP contribution in [0, 0.1) is 0 Å². The third-order valence-corrected chi connectivity index (χ3v) is 5.17. The molecule has 2 heterocycles. The Morgan fingerprint density at radius 2 is 2.19 bits per heavy atom. The van der Waals surface area contributed by atoms with E-state index < -0.39 is 5.69 Å². The topological polar surface area (TPSA) is 96.4 Å². The van der Waals surface area contributed by atoms with E-state index in [-0.39, 0.29) is 24.6 Å². The molecule has 0 unspecified atom stereocenters. The van der Waals surface area contributed by atoms with Crippen molar-refractivity contribution in [1.82, 2.24) is 19.8 Å². The molecule has 0 spiro atoms. The van der Waals surface area contributed by atoms with E-state index in [9.17, 15) is 14.4 Å². The molecule has 1 atom stereocenters. The van der Waals surface area contributed by atoms with Crippen molar-refractivity contribution in [3.8, 4) is 0 Å². The third-order valence-electron chi connectivity index (χ3n) is 5.17. The smallest absolute Gasteiger partial charge is 0.328 e. The van der Waals surface area contributed by atoms with Crippen LogP contribution >= 0.6 is 0 Å². The van der Waals surface area contributed by atoms with Gasteiger partial charge in [-0.1, -0.05) is 6.92 Å². The van der Waals surface area contributed by atoms with Crippen LogP contribution in [0.4, 0.5) is 0 Å². The highest BCUT2D eigenvalue weighted by Crippen LogP contribution is 2.16. The quantitative estimate of drug-likeness (QED) is 0.738. The maximum Gasteiger partial charge on any atom is 0.328 e. The normalized spacial score (nSPS) is 17.5. The molecule has 0 bridgehead atoms. The molecule has 1 fully saturated rings. The van der Waals surface area contributed by atoms with Crippen LogP contribution in [0.5, 0.6) is 0 Å². The summed E-state index contributed by atoms with van der Waals surface area (Å²) in [6, 6.07) is 5.12. The highest BCUT2D eigenvalue weighted by molar-refractivity contribution is 5.97. The molecule has 1 aliphatic rings. The number of likely N-dealkylation sites (tertiary alicyclic amines) is 1. The van der Waals surface area contributed by atoms with E-state index in [0.717, 1.165) is 30.5 Å². The van der Waals surface area contributed by atoms with Gasteiger partial charge in [0.05, 0.1) is 24.1 Å². The van der Waals surface area contributed by atoms with Crippen molar-refractivity contribution in [2.75, 3.05) is 33.4 Å². The Morgan fingerprint density at radius 3 is 2.93 bits per heavy atom. The third kappa shape index (κ3) is 4.12. The van der Waals surface area contributed by atoms with Crippen LogP contribution in [0.2, 0.25) is 0 Å². The summed E-state index contributed by atoms with van der Waals surface area (Å²) in [5.74, 6) is -0.204. The number of aromatic nitrogens is 2. The van der Waals surface area contributed by atoms with Gasteiger partial charge in [0.25, 0.3) is 11.5 Å². The number of methoxy groups -OCH3 is 1. The summed E-state index contributed by atoms with van der Waals surface area (Å²) in [5.41, 5.74) is -0.107. The van der Waals surface area contributed by atoms with Crippen molar-refractivity contribution in [1.29, 1.82) is 0 Å². The zero-order chi connectivity index (χ0) is 19.4. The number of rotatable bonds is 7. The standard InChI is InChI=1S/C19H26N4O4/c1-3-22-8-4-5-14(22)12-20-17(24)13-6-7-15-16(11-13)21-19(26)23(18(15)25)9-10-27-2/h6-7,11,14H,3-5,8-10,12H2,1-2H3,(H,20,24)(H,21,26)/t14-/m1/s1. The highest BCUT2D eigenvalue weighted by atomic mass is 16.5. The van der Waals surface area contributed by atoms with Gasteiger partial charge in [0, 0.05) is 25.3 Å². The summed E-state index contributed by atoms with van der Waals surface area (Å²) in [4.78, 5) is 42.2. The number of hydrogen-bond donors (Lipinski definition) is 2. The number of benzene rings is 1. The Bertz CT molecular complexity index is 933. The minimum atomic E-state index is -0.508. The zero-order valence-corrected chi connectivity index (χ0v) is 15.8. The number of carbonyl (C=O) groups excluding carboxylic acids is 1. The average molecular weight is 374 g/mol. The predicted octanol–water partition coefficient (Wildman–Crippen LogP) is 0.550. The first-order valence-corrected chi connectivity index (χ1v) is 9.33. The number of H-pyrrole nitrogens is 1.